The molecule has 0 atom stereocenters. The number of hydrogen-bond acceptors (Lipinski definition) is 6. The van der Waals surface area contributed by atoms with Crippen molar-refractivity contribution in [3.63, 3.8) is 0 Å². The van der Waals surface area contributed by atoms with E-state index in [1.807, 2.05) is 49.4 Å². The molecule has 0 saturated heterocycles. The number of amides is 1. The highest BCUT2D eigenvalue weighted by Gasteiger charge is 2.26. The number of carbonyl (C=O) groups is 1. The number of fused-ring (bicyclic) bond motifs is 2. The summed E-state index contributed by atoms with van der Waals surface area (Å²) in [6, 6.07) is 15.6. The van der Waals surface area contributed by atoms with Crippen molar-refractivity contribution in [2.24, 2.45) is 0 Å². The summed E-state index contributed by atoms with van der Waals surface area (Å²) in [6.45, 7) is 5.71. The summed E-state index contributed by atoms with van der Waals surface area (Å²) in [5.74, 6) is 0.999. The molecule has 0 bridgehead atoms. The van der Waals surface area contributed by atoms with Crippen LogP contribution in [0, 0.1) is 6.92 Å². The predicted octanol–water partition coefficient (Wildman–Crippen LogP) is 4.22. The SMILES string of the molecule is CC(=O)NCCNc1cc(N2CCS(O)(O)c3ccccc3C2)nc2c(C)cccc12. The molecule has 0 saturated carbocycles. The molecule has 4 N–H and O–H groups in total. The van der Waals surface area contributed by atoms with Crippen molar-refractivity contribution in [2.75, 3.05) is 35.6 Å². The standard InChI is InChI=1S/C23H28N4O3S/c1-16-6-5-8-19-20(25-11-10-24-17(2)28)14-22(26-23(16)19)27-12-13-31(29,30)21-9-4-3-7-18(21)15-27/h3-9,14,29-30H,10-13,15H2,1-2H3,(H,24,28)(H,25,26). The van der Waals surface area contributed by atoms with Gasteiger partial charge < -0.3 is 15.5 Å². The highest BCUT2D eigenvalue weighted by Crippen LogP contribution is 2.51. The third-order valence-corrected chi connectivity index (χ3v) is 7.35. The summed E-state index contributed by atoms with van der Waals surface area (Å²) < 4.78 is 21.3. The lowest BCUT2D eigenvalue weighted by Gasteiger charge is -2.32. The van der Waals surface area contributed by atoms with E-state index in [9.17, 15) is 13.9 Å². The second-order valence-electron chi connectivity index (χ2n) is 7.81. The van der Waals surface area contributed by atoms with E-state index in [1.165, 1.54) is 6.92 Å². The van der Waals surface area contributed by atoms with Gasteiger partial charge in [-0.25, -0.2) is 4.98 Å². The number of nitrogens with zero attached hydrogens (tertiary/aromatic N) is 2. The van der Waals surface area contributed by atoms with Crippen LogP contribution in [-0.2, 0) is 11.3 Å². The van der Waals surface area contributed by atoms with Crippen LogP contribution in [0.3, 0.4) is 0 Å². The fourth-order valence-electron chi connectivity index (χ4n) is 3.90. The van der Waals surface area contributed by atoms with E-state index < -0.39 is 10.6 Å². The summed E-state index contributed by atoms with van der Waals surface area (Å²) in [7, 11) is -2.83. The molecular weight excluding hydrogens is 412 g/mol. The van der Waals surface area contributed by atoms with Crippen LogP contribution in [0.25, 0.3) is 10.9 Å². The van der Waals surface area contributed by atoms with Gasteiger partial charge in [0, 0.05) is 50.2 Å². The molecular formula is C23H28N4O3S. The zero-order valence-electron chi connectivity index (χ0n) is 17.8. The van der Waals surface area contributed by atoms with Crippen molar-refractivity contribution in [1.82, 2.24) is 10.3 Å². The molecule has 1 aromatic heterocycles. The van der Waals surface area contributed by atoms with Crippen molar-refractivity contribution < 1.29 is 13.9 Å². The average molecular weight is 441 g/mol. The third-order valence-electron chi connectivity index (χ3n) is 5.50. The number of para-hydroxylation sites is 1. The highest BCUT2D eigenvalue weighted by atomic mass is 32.3. The Hall–Kier alpha value is -2.81. The van der Waals surface area contributed by atoms with Gasteiger partial charge in [0.25, 0.3) is 0 Å². The van der Waals surface area contributed by atoms with Gasteiger partial charge in [0.05, 0.1) is 16.2 Å². The Balaban J connectivity index is 1.70. The van der Waals surface area contributed by atoms with E-state index in [2.05, 4.69) is 15.5 Å². The van der Waals surface area contributed by atoms with Gasteiger partial charge >= 0.3 is 0 Å². The maximum Gasteiger partial charge on any atom is 0.216 e. The Bertz CT molecular complexity index is 1120. The maximum absolute atomic E-state index is 11.2. The van der Waals surface area contributed by atoms with Crippen molar-refractivity contribution in [3.05, 3.63) is 59.7 Å². The molecule has 0 fully saturated rings. The summed E-state index contributed by atoms with van der Waals surface area (Å²) in [5.41, 5.74) is 3.83. The van der Waals surface area contributed by atoms with E-state index in [1.54, 1.807) is 6.07 Å². The third kappa shape index (κ3) is 4.61. The molecule has 2 heterocycles. The summed E-state index contributed by atoms with van der Waals surface area (Å²) in [6.07, 6.45) is 0. The van der Waals surface area contributed by atoms with Gasteiger partial charge in [-0.3, -0.25) is 13.9 Å². The first-order valence-electron chi connectivity index (χ1n) is 10.3. The quantitative estimate of drug-likeness (QED) is 0.444. The number of hydrogen-bond donors (Lipinski definition) is 4. The molecule has 0 radical (unpaired) electrons. The lowest BCUT2D eigenvalue weighted by atomic mass is 10.1. The minimum absolute atomic E-state index is 0.0554. The zero-order chi connectivity index (χ0) is 22.0. The number of benzene rings is 2. The Morgan fingerprint density at radius 1 is 1.16 bits per heavy atom. The normalized spacial score (nSPS) is 16.3. The second kappa shape index (κ2) is 8.74. The van der Waals surface area contributed by atoms with Gasteiger partial charge in [0.2, 0.25) is 5.91 Å². The molecule has 1 amide bonds. The zero-order valence-corrected chi connectivity index (χ0v) is 18.6. The fraction of sp³-hybridized carbons (Fsp3) is 0.304. The van der Waals surface area contributed by atoms with Gasteiger partial charge in [-0.1, -0.05) is 36.4 Å². The molecule has 8 heteroatoms. The van der Waals surface area contributed by atoms with Crippen molar-refractivity contribution in [2.45, 2.75) is 25.3 Å². The molecule has 31 heavy (non-hydrogen) atoms. The Morgan fingerprint density at radius 3 is 2.77 bits per heavy atom. The highest BCUT2D eigenvalue weighted by molar-refractivity contribution is 8.24. The monoisotopic (exact) mass is 440 g/mol. The Kier molecular flexibility index (Phi) is 6.04. The van der Waals surface area contributed by atoms with E-state index in [-0.39, 0.29) is 11.7 Å². The first kappa shape index (κ1) is 21.4. The molecule has 0 aliphatic carbocycles. The average Bonchev–Trinajstić information content (AvgIpc) is 2.87. The number of rotatable bonds is 5. The largest absolute Gasteiger partial charge is 0.383 e. The van der Waals surface area contributed by atoms with E-state index in [0.29, 0.717) is 31.1 Å². The minimum Gasteiger partial charge on any atom is -0.383 e. The summed E-state index contributed by atoms with van der Waals surface area (Å²) in [4.78, 5) is 18.8. The first-order chi connectivity index (χ1) is 14.8. The topological polar surface area (TPSA) is 97.7 Å². The van der Waals surface area contributed by atoms with Gasteiger partial charge in [0.15, 0.2) is 0 Å². The molecule has 3 aromatic rings. The molecule has 7 nitrogen and oxygen atoms in total. The number of aromatic nitrogens is 1. The molecule has 0 spiro atoms. The molecule has 0 unspecified atom stereocenters. The number of nitrogens with one attached hydrogen (secondary N) is 2. The molecule has 1 aliphatic heterocycles. The number of carbonyl (C=O) groups excluding carboxylic acids is 1. The first-order valence-corrected chi connectivity index (χ1v) is 12.0. The molecule has 4 rings (SSSR count). The number of anilines is 2. The Morgan fingerprint density at radius 2 is 1.97 bits per heavy atom. The lowest BCUT2D eigenvalue weighted by molar-refractivity contribution is -0.118. The van der Waals surface area contributed by atoms with Crippen LogP contribution in [0.5, 0.6) is 0 Å². The van der Waals surface area contributed by atoms with Crippen LogP contribution in [0.4, 0.5) is 11.5 Å². The van der Waals surface area contributed by atoms with Crippen LogP contribution in [-0.4, -0.2) is 45.4 Å². The second-order valence-corrected chi connectivity index (χ2v) is 9.99. The Labute approximate surface area is 183 Å². The van der Waals surface area contributed by atoms with Gasteiger partial charge in [0.1, 0.15) is 5.82 Å². The maximum atomic E-state index is 11.2. The lowest BCUT2D eigenvalue weighted by Crippen LogP contribution is -2.27. The minimum atomic E-state index is -2.83. The van der Waals surface area contributed by atoms with E-state index >= 15 is 0 Å². The predicted molar refractivity (Wildman–Crippen MR) is 127 cm³/mol. The van der Waals surface area contributed by atoms with E-state index in [4.69, 9.17) is 4.98 Å². The van der Waals surface area contributed by atoms with Gasteiger partial charge in [-0.2, -0.15) is 10.6 Å². The van der Waals surface area contributed by atoms with Crippen LogP contribution in [0.2, 0.25) is 0 Å². The van der Waals surface area contributed by atoms with Gasteiger partial charge in [-0.05, 0) is 24.1 Å². The van der Waals surface area contributed by atoms with Crippen molar-refractivity contribution >= 4 is 38.9 Å². The van der Waals surface area contributed by atoms with Crippen molar-refractivity contribution in [1.29, 1.82) is 0 Å². The van der Waals surface area contributed by atoms with Crippen LogP contribution in [0.15, 0.2) is 53.4 Å². The molecule has 2 aromatic carbocycles. The van der Waals surface area contributed by atoms with Crippen LogP contribution in [0.1, 0.15) is 18.1 Å². The fourth-order valence-corrected chi connectivity index (χ4v) is 5.45. The van der Waals surface area contributed by atoms with Crippen LogP contribution < -0.4 is 15.5 Å². The number of aryl methyl sites for hydroxylation is 1. The van der Waals surface area contributed by atoms with Gasteiger partial charge in [-0.15, -0.1) is 0 Å². The number of pyridine rings is 1. The summed E-state index contributed by atoms with van der Waals surface area (Å²) in [5, 5.41) is 7.25. The van der Waals surface area contributed by atoms with Crippen molar-refractivity contribution in [3.8, 4) is 0 Å². The molecule has 164 valence electrons. The molecule has 1 aliphatic rings. The summed E-state index contributed by atoms with van der Waals surface area (Å²) >= 11 is 0. The smallest absolute Gasteiger partial charge is 0.216 e. The van der Waals surface area contributed by atoms with E-state index in [0.717, 1.165) is 33.5 Å². The van der Waals surface area contributed by atoms with Crippen LogP contribution >= 0.6 is 10.6 Å².